The van der Waals surface area contributed by atoms with E-state index in [0.29, 0.717) is 6.04 Å². The Kier molecular flexibility index (Phi) is 5.41. The van der Waals surface area contributed by atoms with Gasteiger partial charge in [0.1, 0.15) is 0 Å². The minimum Gasteiger partial charge on any atom is -0.326 e. The Morgan fingerprint density at radius 3 is 2.74 bits per heavy atom. The van der Waals surface area contributed by atoms with E-state index in [9.17, 15) is 0 Å². The van der Waals surface area contributed by atoms with Gasteiger partial charge in [-0.15, -0.1) is 0 Å². The molecule has 0 amide bonds. The molecule has 2 N–H and O–H groups in total. The SMILES string of the molecule is CCCN1CCCCC(N)C1c1ccccc1CC. The fourth-order valence-electron chi connectivity index (χ4n) is 3.37. The van der Waals surface area contributed by atoms with E-state index in [1.807, 2.05) is 0 Å². The van der Waals surface area contributed by atoms with Gasteiger partial charge in [0.2, 0.25) is 0 Å². The first-order chi connectivity index (χ1) is 9.27. The third kappa shape index (κ3) is 3.37. The maximum Gasteiger partial charge on any atom is 0.0501 e. The third-order valence-electron chi connectivity index (χ3n) is 4.30. The molecule has 2 rings (SSSR count). The fourth-order valence-corrected chi connectivity index (χ4v) is 3.37. The van der Waals surface area contributed by atoms with E-state index in [1.165, 1.54) is 36.9 Å². The Hall–Kier alpha value is -0.860. The number of nitrogens with zero attached hydrogens (tertiary/aromatic N) is 1. The van der Waals surface area contributed by atoms with Gasteiger partial charge in [0.25, 0.3) is 0 Å². The molecule has 0 aromatic heterocycles. The van der Waals surface area contributed by atoms with Gasteiger partial charge in [0.15, 0.2) is 0 Å². The van der Waals surface area contributed by atoms with Crippen molar-refractivity contribution < 1.29 is 0 Å². The van der Waals surface area contributed by atoms with Crippen LogP contribution < -0.4 is 5.73 Å². The van der Waals surface area contributed by atoms with Crippen molar-refractivity contribution in [2.45, 2.75) is 58.0 Å². The molecular weight excluding hydrogens is 232 g/mol. The molecule has 1 heterocycles. The summed E-state index contributed by atoms with van der Waals surface area (Å²) in [6, 6.07) is 9.56. The predicted octanol–water partition coefficient (Wildman–Crippen LogP) is 3.51. The van der Waals surface area contributed by atoms with Crippen molar-refractivity contribution in [3.05, 3.63) is 35.4 Å². The van der Waals surface area contributed by atoms with Crippen LogP contribution in [0.5, 0.6) is 0 Å². The molecule has 0 bridgehead atoms. The molecule has 2 heteroatoms. The first-order valence-electron chi connectivity index (χ1n) is 7.85. The first kappa shape index (κ1) is 14.5. The van der Waals surface area contributed by atoms with Crippen molar-refractivity contribution >= 4 is 0 Å². The van der Waals surface area contributed by atoms with Crippen LogP contribution in [0.25, 0.3) is 0 Å². The predicted molar refractivity (Wildman–Crippen MR) is 82.3 cm³/mol. The lowest BCUT2D eigenvalue weighted by atomic mass is 9.91. The lowest BCUT2D eigenvalue weighted by Gasteiger charge is -2.34. The largest absolute Gasteiger partial charge is 0.326 e. The Balaban J connectivity index is 2.34. The number of hydrogen-bond acceptors (Lipinski definition) is 2. The molecule has 1 saturated heterocycles. The van der Waals surface area contributed by atoms with Gasteiger partial charge in [-0.2, -0.15) is 0 Å². The van der Waals surface area contributed by atoms with Crippen molar-refractivity contribution in [3.63, 3.8) is 0 Å². The zero-order valence-electron chi connectivity index (χ0n) is 12.4. The summed E-state index contributed by atoms with van der Waals surface area (Å²) in [4.78, 5) is 2.62. The first-order valence-corrected chi connectivity index (χ1v) is 7.85. The second-order valence-corrected chi connectivity index (χ2v) is 5.69. The summed E-state index contributed by atoms with van der Waals surface area (Å²) < 4.78 is 0. The molecule has 2 unspecified atom stereocenters. The minimum absolute atomic E-state index is 0.279. The number of nitrogens with two attached hydrogens (primary N) is 1. The molecule has 0 spiro atoms. The Labute approximate surface area is 118 Å². The molecule has 1 aromatic rings. The normalized spacial score (nSPS) is 25.2. The highest BCUT2D eigenvalue weighted by Gasteiger charge is 2.29. The number of likely N-dealkylation sites (tertiary alicyclic amines) is 1. The third-order valence-corrected chi connectivity index (χ3v) is 4.30. The van der Waals surface area contributed by atoms with Gasteiger partial charge in [-0.3, -0.25) is 4.90 Å². The van der Waals surface area contributed by atoms with Crippen LogP contribution in [0.2, 0.25) is 0 Å². The second kappa shape index (κ2) is 7.06. The van der Waals surface area contributed by atoms with Gasteiger partial charge < -0.3 is 5.73 Å². The van der Waals surface area contributed by atoms with Crippen LogP contribution in [-0.4, -0.2) is 24.0 Å². The monoisotopic (exact) mass is 260 g/mol. The van der Waals surface area contributed by atoms with Gasteiger partial charge in [0, 0.05) is 6.04 Å². The van der Waals surface area contributed by atoms with Gasteiger partial charge in [-0.05, 0) is 49.9 Å². The van der Waals surface area contributed by atoms with E-state index >= 15 is 0 Å². The van der Waals surface area contributed by atoms with Crippen molar-refractivity contribution in [2.75, 3.05) is 13.1 Å². The highest BCUT2D eigenvalue weighted by Crippen LogP contribution is 2.31. The average molecular weight is 260 g/mol. The van der Waals surface area contributed by atoms with E-state index < -0.39 is 0 Å². The summed E-state index contributed by atoms with van der Waals surface area (Å²) in [7, 11) is 0. The van der Waals surface area contributed by atoms with E-state index in [-0.39, 0.29) is 6.04 Å². The van der Waals surface area contributed by atoms with Crippen LogP contribution >= 0.6 is 0 Å². The summed E-state index contributed by atoms with van der Waals surface area (Å²) in [5.41, 5.74) is 9.44. The fraction of sp³-hybridized carbons (Fsp3) is 0.647. The Morgan fingerprint density at radius 2 is 2.00 bits per heavy atom. The van der Waals surface area contributed by atoms with E-state index in [4.69, 9.17) is 5.73 Å². The number of hydrogen-bond donors (Lipinski definition) is 1. The quantitative estimate of drug-likeness (QED) is 0.897. The zero-order chi connectivity index (χ0) is 13.7. The van der Waals surface area contributed by atoms with Crippen molar-refractivity contribution in [1.82, 2.24) is 4.90 Å². The molecule has 0 saturated carbocycles. The molecule has 0 aliphatic carbocycles. The molecule has 2 nitrogen and oxygen atoms in total. The Morgan fingerprint density at radius 1 is 1.21 bits per heavy atom. The van der Waals surface area contributed by atoms with Gasteiger partial charge in [-0.25, -0.2) is 0 Å². The van der Waals surface area contributed by atoms with Crippen molar-refractivity contribution in [1.29, 1.82) is 0 Å². The highest BCUT2D eigenvalue weighted by molar-refractivity contribution is 5.31. The average Bonchev–Trinajstić information content (AvgIpc) is 2.61. The van der Waals surface area contributed by atoms with Gasteiger partial charge in [0.05, 0.1) is 6.04 Å². The lowest BCUT2D eigenvalue weighted by Crippen LogP contribution is -2.40. The minimum atomic E-state index is 0.279. The molecule has 106 valence electrons. The molecule has 1 aliphatic rings. The molecular formula is C17H28N2. The lowest BCUT2D eigenvalue weighted by molar-refractivity contribution is 0.185. The molecule has 1 fully saturated rings. The summed E-state index contributed by atoms with van der Waals surface area (Å²) in [5, 5.41) is 0. The number of benzene rings is 1. The number of aryl methyl sites for hydroxylation is 1. The van der Waals surface area contributed by atoms with Crippen LogP contribution in [-0.2, 0) is 6.42 Å². The summed E-state index contributed by atoms with van der Waals surface area (Å²) in [5.74, 6) is 0. The molecule has 1 aliphatic heterocycles. The smallest absolute Gasteiger partial charge is 0.0501 e. The maximum absolute atomic E-state index is 6.51. The van der Waals surface area contributed by atoms with E-state index in [2.05, 4.69) is 43.0 Å². The Bertz CT molecular complexity index is 389. The zero-order valence-corrected chi connectivity index (χ0v) is 12.4. The number of rotatable bonds is 4. The van der Waals surface area contributed by atoms with E-state index in [1.54, 1.807) is 0 Å². The molecule has 19 heavy (non-hydrogen) atoms. The van der Waals surface area contributed by atoms with Crippen LogP contribution in [0.4, 0.5) is 0 Å². The molecule has 2 atom stereocenters. The van der Waals surface area contributed by atoms with Crippen LogP contribution in [0.15, 0.2) is 24.3 Å². The summed E-state index contributed by atoms with van der Waals surface area (Å²) in [6.45, 7) is 6.87. The molecule has 0 radical (unpaired) electrons. The second-order valence-electron chi connectivity index (χ2n) is 5.69. The van der Waals surface area contributed by atoms with E-state index in [0.717, 1.165) is 19.4 Å². The summed E-state index contributed by atoms with van der Waals surface area (Å²) in [6.07, 6.45) is 6.02. The van der Waals surface area contributed by atoms with Crippen molar-refractivity contribution in [3.8, 4) is 0 Å². The topological polar surface area (TPSA) is 29.3 Å². The molecule has 1 aromatic carbocycles. The highest BCUT2D eigenvalue weighted by atomic mass is 15.2. The van der Waals surface area contributed by atoms with Crippen molar-refractivity contribution in [2.24, 2.45) is 5.73 Å². The summed E-state index contributed by atoms with van der Waals surface area (Å²) >= 11 is 0. The maximum atomic E-state index is 6.51. The van der Waals surface area contributed by atoms with Gasteiger partial charge in [-0.1, -0.05) is 44.5 Å². The standard InChI is InChI=1S/C17H28N2/c1-3-12-19-13-8-7-11-16(18)17(19)15-10-6-5-9-14(15)4-2/h5-6,9-10,16-17H,3-4,7-8,11-13,18H2,1-2H3. The van der Waals surface area contributed by atoms with Crippen LogP contribution in [0.3, 0.4) is 0 Å². The van der Waals surface area contributed by atoms with Crippen LogP contribution in [0, 0.1) is 0 Å². The van der Waals surface area contributed by atoms with Gasteiger partial charge >= 0.3 is 0 Å². The van der Waals surface area contributed by atoms with Crippen LogP contribution in [0.1, 0.15) is 56.7 Å².